The third kappa shape index (κ3) is 5.47. The molecule has 3 heteroatoms. The van der Waals surface area contributed by atoms with Gasteiger partial charge in [0.1, 0.15) is 0 Å². The molecule has 0 amide bonds. The van der Waals surface area contributed by atoms with Gasteiger partial charge in [-0.15, -0.1) is 0 Å². The molecule has 1 fully saturated rings. The lowest BCUT2D eigenvalue weighted by Crippen LogP contribution is -2.29. The molecule has 0 heterocycles. The average molecular weight is 292 g/mol. The van der Waals surface area contributed by atoms with Crippen molar-refractivity contribution >= 4 is 11.8 Å². The standard InChI is InChI=1S/C17H28N2S/c1-14(9-10-20-3)19(2)13-16-6-4-5-15(11-16)12-18-17-7-8-17/h4-6,11,14,17-18H,7-10,12-13H2,1-3H3. The van der Waals surface area contributed by atoms with E-state index in [-0.39, 0.29) is 0 Å². The van der Waals surface area contributed by atoms with Crippen molar-refractivity contribution in [3.05, 3.63) is 35.4 Å². The summed E-state index contributed by atoms with van der Waals surface area (Å²) in [6.45, 7) is 4.39. The molecule has 0 aromatic heterocycles. The highest BCUT2D eigenvalue weighted by Gasteiger charge is 2.19. The van der Waals surface area contributed by atoms with Gasteiger partial charge < -0.3 is 5.32 Å². The van der Waals surface area contributed by atoms with E-state index < -0.39 is 0 Å². The Balaban J connectivity index is 1.82. The molecule has 2 nitrogen and oxygen atoms in total. The lowest BCUT2D eigenvalue weighted by Gasteiger charge is -2.24. The van der Waals surface area contributed by atoms with Gasteiger partial charge >= 0.3 is 0 Å². The number of nitrogens with zero attached hydrogens (tertiary/aromatic N) is 1. The van der Waals surface area contributed by atoms with Crippen molar-refractivity contribution < 1.29 is 0 Å². The second kappa shape index (κ2) is 8.06. The first-order valence-corrected chi connectivity index (χ1v) is 9.09. The molecule has 1 N–H and O–H groups in total. The van der Waals surface area contributed by atoms with Crippen molar-refractivity contribution in [1.29, 1.82) is 0 Å². The molecule has 20 heavy (non-hydrogen) atoms. The van der Waals surface area contributed by atoms with Crippen molar-refractivity contribution in [2.24, 2.45) is 0 Å². The summed E-state index contributed by atoms with van der Waals surface area (Å²) in [4.78, 5) is 2.46. The number of nitrogens with one attached hydrogen (secondary N) is 1. The highest BCUT2D eigenvalue weighted by molar-refractivity contribution is 7.98. The minimum atomic E-state index is 0.649. The Bertz CT molecular complexity index is 404. The van der Waals surface area contributed by atoms with Crippen LogP contribution < -0.4 is 5.32 Å². The zero-order valence-electron chi connectivity index (χ0n) is 13.1. The highest BCUT2D eigenvalue weighted by Crippen LogP contribution is 2.19. The van der Waals surface area contributed by atoms with Gasteiger partial charge in [-0.2, -0.15) is 11.8 Å². The van der Waals surface area contributed by atoms with Crippen LogP contribution in [0.15, 0.2) is 24.3 Å². The lowest BCUT2D eigenvalue weighted by atomic mass is 10.1. The van der Waals surface area contributed by atoms with Crippen molar-refractivity contribution in [2.75, 3.05) is 19.1 Å². The first-order valence-electron chi connectivity index (χ1n) is 7.69. The summed E-state index contributed by atoms with van der Waals surface area (Å²) in [7, 11) is 2.24. The Kier molecular flexibility index (Phi) is 6.40. The molecule has 1 aliphatic carbocycles. The van der Waals surface area contributed by atoms with Gasteiger partial charge in [0.05, 0.1) is 0 Å². The minimum Gasteiger partial charge on any atom is -0.310 e. The minimum absolute atomic E-state index is 0.649. The molecule has 112 valence electrons. The maximum absolute atomic E-state index is 3.59. The summed E-state index contributed by atoms with van der Waals surface area (Å²) in [5, 5.41) is 3.59. The highest BCUT2D eigenvalue weighted by atomic mass is 32.2. The van der Waals surface area contributed by atoms with Crippen LogP contribution >= 0.6 is 11.8 Å². The second-order valence-electron chi connectivity index (χ2n) is 6.02. The Labute approximate surface area is 128 Å². The van der Waals surface area contributed by atoms with Crippen LogP contribution in [0.1, 0.15) is 37.3 Å². The van der Waals surface area contributed by atoms with E-state index in [0.29, 0.717) is 6.04 Å². The van der Waals surface area contributed by atoms with Crippen LogP contribution in [-0.4, -0.2) is 36.0 Å². The van der Waals surface area contributed by atoms with E-state index in [9.17, 15) is 0 Å². The quantitative estimate of drug-likeness (QED) is 0.750. The molecule has 2 rings (SSSR count). The molecule has 1 atom stereocenters. The number of thioether (sulfide) groups is 1. The fourth-order valence-corrected chi connectivity index (χ4v) is 2.92. The molecular weight excluding hydrogens is 264 g/mol. The smallest absolute Gasteiger partial charge is 0.0233 e. The maximum Gasteiger partial charge on any atom is 0.0233 e. The Morgan fingerprint density at radius 3 is 2.80 bits per heavy atom. The van der Waals surface area contributed by atoms with Gasteiger partial charge in [-0.3, -0.25) is 4.90 Å². The van der Waals surface area contributed by atoms with E-state index >= 15 is 0 Å². The monoisotopic (exact) mass is 292 g/mol. The van der Waals surface area contributed by atoms with Crippen LogP contribution in [-0.2, 0) is 13.1 Å². The van der Waals surface area contributed by atoms with Gasteiger partial charge in [-0.25, -0.2) is 0 Å². The first-order chi connectivity index (χ1) is 9.69. The van der Waals surface area contributed by atoms with Gasteiger partial charge in [-0.1, -0.05) is 24.3 Å². The summed E-state index contributed by atoms with van der Waals surface area (Å²) in [5.41, 5.74) is 2.85. The number of benzene rings is 1. The second-order valence-corrected chi connectivity index (χ2v) is 7.01. The lowest BCUT2D eigenvalue weighted by molar-refractivity contribution is 0.245. The largest absolute Gasteiger partial charge is 0.310 e. The molecule has 1 unspecified atom stereocenters. The summed E-state index contributed by atoms with van der Waals surface area (Å²) in [6, 6.07) is 10.5. The molecule has 0 saturated heterocycles. The van der Waals surface area contributed by atoms with Crippen molar-refractivity contribution in [3.63, 3.8) is 0 Å². The Hall–Kier alpha value is -0.510. The normalized spacial score (nSPS) is 16.6. The van der Waals surface area contributed by atoms with Gasteiger partial charge in [0.2, 0.25) is 0 Å². The predicted molar refractivity (Wildman–Crippen MR) is 90.2 cm³/mol. The summed E-state index contributed by atoms with van der Waals surface area (Å²) >= 11 is 1.94. The number of hydrogen-bond acceptors (Lipinski definition) is 3. The van der Waals surface area contributed by atoms with Crippen LogP contribution in [0, 0.1) is 0 Å². The molecule has 0 spiro atoms. The van der Waals surface area contributed by atoms with Crippen LogP contribution in [0.4, 0.5) is 0 Å². The molecule has 1 aromatic rings. The van der Waals surface area contributed by atoms with Crippen LogP contribution in [0.25, 0.3) is 0 Å². The van der Waals surface area contributed by atoms with Crippen LogP contribution in [0.5, 0.6) is 0 Å². The van der Waals surface area contributed by atoms with Crippen LogP contribution in [0.3, 0.4) is 0 Å². The molecule has 1 aromatic carbocycles. The van der Waals surface area contributed by atoms with Gasteiger partial charge in [0.25, 0.3) is 0 Å². The molecule has 0 aliphatic heterocycles. The molecular formula is C17H28N2S. The number of rotatable bonds is 9. The zero-order valence-corrected chi connectivity index (χ0v) is 13.9. The number of hydrogen-bond donors (Lipinski definition) is 1. The van der Waals surface area contributed by atoms with Gasteiger partial charge in [-0.05, 0) is 56.4 Å². The van der Waals surface area contributed by atoms with Crippen molar-refractivity contribution in [2.45, 2.75) is 51.4 Å². The maximum atomic E-state index is 3.59. The molecule has 1 aliphatic rings. The third-order valence-electron chi connectivity index (χ3n) is 4.09. The molecule has 0 bridgehead atoms. The SMILES string of the molecule is CSCCC(C)N(C)Cc1cccc(CNC2CC2)c1. The van der Waals surface area contributed by atoms with Crippen molar-refractivity contribution in [1.82, 2.24) is 10.2 Å². The Morgan fingerprint density at radius 2 is 2.10 bits per heavy atom. The fraction of sp³-hybridized carbons (Fsp3) is 0.647. The van der Waals surface area contributed by atoms with E-state index in [1.54, 1.807) is 0 Å². The van der Waals surface area contributed by atoms with E-state index in [2.05, 4.69) is 54.7 Å². The van der Waals surface area contributed by atoms with E-state index in [1.165, 1.54) is 36.1 Å². The molecule has 0 radical (unpaired) electrons. The van der Waals surface area contributed by atoms with Gasteiger partial charge in [0, 0.05) is 25.2 Å². The average Bonchev–Trinajstić information content (AvgIpc) is 3.27. The van der Waals surface area contributed by atoms with Crippen molar-refractivity contribution in [3.8, 4) is 0 Å². The zero-order chi connectivity index (χ0) is 14.4. The third-order valence-corrected chi connectivity index (χ3v) is 4.73. The fourth-order valence-electron chi connectivity index (χ4n) is 2.34. The molecule has 1 saturated carbocycles. The summed E-state index contributed by atoms with van der Waals surface area (Å²) in [5.74, 6) is 1.25. The summed E-state index contributed by atoms with van der Waals surface area (Å²) < 4.78 is 0. The summed E-state index contributed by atoms with van der Waals surface area (Å²) in [6.07, 6.45) is 6.16. The van der Waals surface area contributed by atoms with Gasteiger partial charge in [0.15, 0.2) is 0 Å². The van der Waals surface area contributed by atoms with E-state index in [1.807, 2.05) is 11.8 Å². The topological polar surface area (TPSA) is 15.3 Å². The van der Waals surface area contributed by atoms with E-state index in [0.717, 1.165) is 19.1 Å². The van der Waals surface area contributed by atoms with Crippen LogP contribution in [0.2, 0.25) is 0 Å². The first kappa shape index (κ1) is 15.9. The predicted octanol–water partition coefficient (Wildman–Crippen LogP) is 3.51. The van der Waals surface area contributed by atoms with E-state index in [4.69, 9.17) is 0 Å². The Morgan fingerprint density at radius 1 is 1.35 bits per heavy atom.